The smallest absolute Gasteiger partial charge is 0.306 e. The van der Waals surface area contributed by atoms with Crippen LogP contribution >= 0.6 is 0 Å². The zero-order chi connectivity index (χ0) is 38.9. The molecule has 2 aromatic carbocycles. The van der Waals surface area contributed by atoms with Crippen LogP contribution in [0.5, 0.6) is 0 Å². The van der Waals surface area contributed by atoms with Gasteiger partial charge in [-0.2, -0.15) is 4.31 Å². The number of nitrogens with zero attached hydrogens (tertiary/aromatic N) is 1. The van der Waals surface area contributed by atoms with Crippen molar-refractivity contribution >= 4 is 21.7 Å². The number of carbonyl (C=O) groups is 1. The van der Waals surface area contributed by atoms with Gasteiger partial charge in [0.25, 0.3) is 0 Å². The van der Waals surface area contributed by atoms with E-state index in [2.05, 4.69) is 4.74 Å². The molecule has 6 atom stereocenters. The maximum Gasteiger partial charge on any atom is 0.306 e. The lowest BCUT2D eigenvalue weighted by atomic mass is 9.90. The average Bonchev–Trinajstić information content (AvgIpc) is 3.17. The van der Waals surface area contributed by atoms with Gasteiger partial charge in [0.15, 0.2) is 6.27 Å². The second-order valence-corrected chi connectivity index (χ2v) is 10.8. The summed E-state index contributed by atoms with van der Waals surface area (Å²) in [5.74, 6) is -8.97. The van der Waals surface area contributed by atoms with Crippen LogP contribution < -0.4 is 5.73 Å². The zero-order valence-electron chi connectivity index (χ0n) is 33.5. The Morgan fingerprint density at radius 3 is 2.71 bits per heavy atom. The first-order valence-electron chi connectivity index (χ1n) is 18.2. The molecule has 0 aliphatic carbocycles. The highest BCUT2D eigenvalue weighted by Gasteiger charge is 2.44. The van der Waals surface area contributed by atoms with Crippen molar-refractivity contribution in [3.8, 4) is 0 Å². The Bertz CT molecular complexity index is 1720. The SMILES string of the molecule is [2H]C([2H])([2H])C([2H])(C)CN(C[C@@H](O)[C@@H](CC(=O)O[C@@]1([2H])C([2H])([2H])O[C@@]2([2H])OC([2H])([2H])C([2H])([2H])[C@]21[2H])Cc1ccccc1)S(=O)(=O)c1ccc(N)cc1. The summed E-state index contributed by atoms with van der Waals surface area (Å²) in [6.45, 7) is -10.9. The van der Waals surface area contributed by atoms with E-state index in [9.17, 15) is 18.3 Å². The van der Waals surface area contributed by atoms with Crippen molar-refractivity contribution in [1.29, 1.82) is 0 Å². The van der Waals surface area contributed by atoms with E-state index < -0.39 is 98.0 Å². The molecule has 2 heterocycles. The van der Waals surface area contributed by atoms with Gasteiger partial charge in [0.05, 0.1) is 44.7 Å². The molecule has 0 radical (unpaired) electrons. The second-order valence-electron chi connectivity index (χ2n) is 8.87. The number of aliphatic hydroxyl groups is 1. The molecule has 10 heteroatoms. The van der Waals surface area contributed by atoms with Gasteiger partial charge in [0.1, 0.15) is 6.08 Å². The van der Waals surface area contributed by atoms with Crippen molar-refractivity contribution in [2.24, 2.45) is 17.7 Å². The van der Waals surface area contributed by atoms with Gasteiger partial charge in [-0.05, 0) is 48.5 Å². The fourth-order valence-corrected chi connectivity index (χ4v) is 5.44. The van der Waals surface area contributed by atoms with Gasteiger partial charge in [-0.3, -0.25) is 4.79 Å². The summed E-state index contributed by atoms with van der Waals surface area (Å²) in [5.41, 5.74) is 6.40. The minimum Gasteiger partial charge on any atom is -0.459 e. The number of esters is 1. The molecular formula is C28H38N2O7S. The number of hydrogen-bond donors (Lipinski definition) is 2. The first-order chi connectivity index (χ1) is 23.0. The normalized spacial score (nSPS) is 39.6. The Hall–Kier alpha value is -2.50. The summed E-state index contributed by atoms with van der Waals surface area (Å²) in [4.78, 5) is 13.2. The molecule has 0 bridgehead atoms. The maximum atomic E-state index is 13.8. The molecule has 2 saturated heterocycles. The van der Waals surface area contributed by atoms with Crippen molar-refractivity contribution in [1.82, 2.24) is 4.31 Å². The number of aliphatic hydroxyl groups excluding tert-OH is 1. The van der Waals surface area contributed by atoms with Crippen molar-refractivity contribution < 1.29 is 50.3 Å². The summed E-state index contributed by atoms with van der Waals surface area (Å²) in [6.07, 6.45) is -13.9. The van der Waals surface area contributed by atoms with E-state index >= 15 is 0 Å². The highest BCUT2D eigenvalue weighted by atomic mass is 32.2. The molecule has 1 unspecified atom stereocenters. The lowest BCUT2D eigenvalue weighted by Crippen LogP contribution is -2.43. The summed E-state index contributed by atoms with van der Waals surface area (Å²) < 4.78 is 149. The monoisotopic (exact) mass is 559 g/mol. The van der Waals surface area contributed by atoms with Crippen LogP contribution in [-0.4, -0.2) is 68.5 Å². The first-order valence-corrected chi connectivity index (χ1v) is 13.1. The summed E-state index contributed by atoms with van der Waals surface area (Å²) in [5, 5.41) is 11.6. The number of sulfonamides is 1. The highest BCUT2D eigenvalue weighted by molar-refractivity contribution is 7.89. The zero-order valence-corrected chi connectivity index (χ0v) is 21.3. The average molecular weight is 560 g/mol. The van der Waals surface area contributed by atoms with Crippen LogP contribution in [0, 0.1) is 17.7 Å². The van der Waals surface area contributed by atoms with Gasteiger partial charge in [0.2, 0.25) is 10.0 Å². The van der Waals surface area contributed by atoms with Crippen LogP contribution in [0.4, 0.5) is 5.69 Å². The highest BCUT2D eigenvalue weighted by Crippen LogP contribution is 2.33. The molecule has 9 nitrogen and oxygen atoms in total. The first kappa shape index (κ1) is 15.9. The number of nitrogens with two attached hydrogens (primary N) is 1. The lowest BCUT2D eigenvalue weighted by Gasteiger charge is -2.30. The fourth-order valence-electron chi connectivity index (χ4n) is 3.95. The Morgan fingerprint density at radius 2 is 2.00 bits per heavy atom. The van der Waals surface area contributed by atoms with Crippen LogP contribution in [-0.2, 0) is 35.4 Å². The van der Waals surface area contributed by atoms with E-state index in [1.165, 1.54) is 12.1 Å². The van der Waals surface area contributed by atoms with Gasteiger partial charge in [0, 0.05) is 34.3 Å². The van der Waals surface area contributed by atoms with Crippen LogP contribution in [0.15, 0.2) is 59.5 Å². The fraction of sp³-hybridized carbons (Fsp3) is 0.536. The minimum atomic E-state index is -4.64. The van der Waals surface area contributed by atoms with Crippen LogP contribution in [0.2, 0.25) is 0 Å². The lowest BCUT2D eigenvalue weighted by molar-refractivity contribution is -0.153. The molecule has 4 rings (SSSR count). The molecule has 3 N–H and O–H groups in total. The third-order valence-corrected chi connectivity index (χ3v) is 7.66. The standard InChI is InChI=1S/C28H38N2O7S/c1-19(2)16-30(38(33,34)23-10-8-22(29)9-11-23)17-25(31)21(14-20-6-4-3-5-7-20)15-27(32)37-26-18-36-28-24(26)12-13-35-28/h3-11,19,21,24-26,28,31H,12-18,29H2,1-2H3/t21-,24+,25-,26+,28-/m1/s1/i1D3,12D2,13D2,18D2,19D,24D,26D,28D/t19?,21-,24+,25-,26+,28-. The van der Waals surface area contributed by atoms with E-state index in [0.717, 1.165) is 19.1 Å². The predicted molar refractivity (Wildman–Crippen MR) is 142 cm³/mol. The Kier molecular flexibility index (Phi) is 5.27. The minimum absolute atomic E-state index is 0.195. The van der Waals surface area contributed by atoms with Crippen molar-refractivity contribution in [2.45, 2.75) is 56.3 Å². The van der Waals surface area contributed by atoms with Gasteiger partial charge in [-0.15, -0.1) is 0 Å². The molecule has 0 amide bonds. The van der Waals surface area contributed by atoms with Crippen LogP contribution in [0.3, 0.4) is 0 Å². The van der Waals surface area contributed by atoms with Gasteiger partial charge in [-0.25, -0.2) is 8.42 Å². The van der Waals surface area contributed by atoms with Gasteiger partial charge < -0.3 is 25.1 Å². The maximum absolute atomic E-state index is 13.8. The topological polar surface area (TPSA) is 128 Å². The van der Waals surface area contributed by atoms with Crippen molar-refractivity contribution in [2.75, 3.05) is 31.9 Å². The van der Waals surface area contributed by atoms with Crippen molar-refractivity contribution in [3.63, 3.8) is 0 Å². The molecule has 2 fully saturated rings. The van der Waals surface area contributed by atoms with E-state index in [1.54, 1.807) is 30.3 Å². The Balaban J connectivity index is 1.71. The van der Waals surface area contributed by atoms with Crippen LogP contribution in [0.25, 0.3) is 0 Å². The molecule has 38 heavy (non-hydrogen) atoms. The number of anilines is 1. The van der Waals surface area contributed by atoms with Gasteiger partial charge in [-0.1, -0.05) is 44.1 Å². The third-order valence-electron chi connectivity index (χ3n) is 5.84. The second kappa shape index (κ2) is 12.6. The number of fused-ring (bicyclic) bond motifs is 1. The number of carbonyl (C=O) groups excluding carboxylic acids is 1. The molecule has 2 aromatic rings. The quantitative estimate of drug-likeness (QED) is 0.300. The number of ether oxygens (including phenoxy) is 3. The number of hydrogen-bond acceptors (Lipinski definition) is 8. The molecule has 0 saturated carbocycles. The van der Waals surface area contributed by atoms with Gasteiger partial charge >= 0.3 is 5.97 Å². The molecule has 2 aliphatic rings. The molecular weight excluding hydrogens is 508 g/mol. The number of rotatable bonds is 12. The Labute approximate surface area is 243 Å². The van der Waals surface area contributed by atoms with E-state index in [4.69, 9.17) is 33.0 Å². The van der Waals surface area contributed by atoms with E-state index in [1.807, 2.05) is 0 Å². The largest absolute Gasteiger partial charge is 0.459 e. The molecule has 208 valence electrons. The molecule has 2 aliphatic heterocycles. The number of nitrogen functional groups attached to an aromatic ring is 1. The molecule has 0 spiro atoms. The van der Waals surface area contributed by atoms with Crippen molar-refractivity contribution in [3.05, 3.63) is 60.2 Å². The summed E-state index contributed by atoms with van der Waals surface area (Å²) in [7, 11) is -4.64. The summed E-state index contributed by atoms with van der Waals surface area (Å²) in [6, 6.07) is 12.9. The molecule has 0 aromatic heterocycles. The number of benzene rings is 2. The van der Waals surface area contributed by atoms with E-state index in [-0.39, 0.29) is 17.0 Å². The van der Waals surface area contributed by atoms with E-state index in [0.29, 0.717) is 9.87 Å². The Morgan fingerprint density at radius 1 is 1.26 bits per heavy atom. The predicted octanol–water partition coefficient (Wildman–Crippen LogP) is 2.83. The van der Waals surface area contributed by atoms with Crippen LogP contribution in [0.1, 0.15) is 50.0 Å². The third kappa shape index (κ3) is 7.12. The summed E-state index contributed by atoms with van der Waals surface area (Å²) >= 11 is 0.